The molecule has 2 aliphatic carbocycles. The van der Waals surface area contributed by atoms with E-state index in [9.17, 15) is 41.1 Å². The molecule has 4 fully saturated rings. The molecule has 3 aliphatic heterocycles. The summed E-state index contributed by atoms with van der Waals surface area (Å²) < 4.78 is 94.5. The highest BCUT2D eigenvalue weighted by Crippen LogP contribution is 2.48. The van der Waals surface area contributed by atoms with Crippen molar-refractivity contribution in [3.05, 3.63) is 36.4 Å². The monoisotopic (exact) mass is 865 g/mol. The Bertz CT molecular complexity index is 2190. The van der Waals surface area contributed by atoms with E-state index in [2.05, 4.69) is 15.0 Å². The van der Waals surface area contributed by atoms with Crippen molar-refractivity contribution in [3.8, 4) is 17.5 Å². The van der Waals surface area contributed by atoms with E-state index in [0.717, 1.165) is 4.90 Å². The van der Waals surface area contributed by atoms with Gasteiger partial charge in [0, 0.05) is 23.8 Å². The van der Waals surface area contributed by atoms with Crippen LogP contribution in [0.5, 0.6) is 17.5 Å². The van der Waals surface area contributed by atoms with Gasteiger partial charge < -0.3 is 34.3 Å². The molecule has 5 aliphatic rings. The normalized spacial score (nSPS) is 30.6. The third-order valence-electron chi connectivity index (χ3n) is 12.8. The van der Waals surface area contributed by atoms with E-state index in [4.69, 9.17) is 18.9 Å². The molecular weight excluding hydrogens is 816 g/mol. The number of ether oxygens (including phenoxy) is 4. The molecule has 2 aromatic rings. The molecule has 4 heterocycles. The van der Waals surface area contributed by atoms with Crippen molar-refractivity contribution in [2.75, 3.05) is 34.0 Å². The number of nitrogens with zero attached hydrogens (tertiary/aromatic N) is 3. The highest BCUT2D eigenvalue weighted by atomic mass is 32.2. The molecule has 20 heteroatoms. The van der Waals surface area contributed by atoms with Crippen LogP contribution in [0, 0.1) is 17.8 Å². The summed E-state index contributed by atoms with van der Waals surface area (Å²) in [7, 11) is -1.25. The number of hydrogen-bond donors (Lipinski definition) is 3. The molecular formula is C40H50F3N5O11S. The number of sulfonamides is 1. The Labute approximate surface area is 345 Å². The van der Waals surface area contributed by atoms with E-state index >= 15 is 4.79 Å². The SMILES string of the molecule is COc1ccc2c(O[C@@H]3C[C@H]4C(=O)N[C@]5(C(=O)NS(=O)(=O)C6(C)CC6)C[C@H]5/C=C\CC[C@H](C)C[C@@H](C)[C@H](N(C(=O)O)C5(C(F)(F)F)COC5)C(=O)N4C3)nc(OC)cc2c1. The number of carboxylic acid groups (broad SMARTS) is 1. The first-order chi connectivity index (χ1) is 28.2. The van der Waals surface area contributed by atoms with Crippen LogP contribution in [0.4, 0.5) is 18.0 Å². The lowest BCUT2D eigenvalue weighted by molar-refractivity contribution is -0.304. The highest BCUT2D eigenvalue weighted by Gasteiger charge is 2.68. The third kappa shape index (κ3) is 7.68. The lowest BCUT2D eigenvalue weighted by Gasteiger charge is -2.52. The Morgan fingerprint density at radius 2 is 1.82 bits per heavy atom. The molecule has 1 aromatic carbocycles. The van der Waals surface area contributed by atoms with Crippen LogP contribution in [0.1, 0.15) is 65.7 Å². The van der Waals surface area contributed by atoms with Crippen molar-refractivity contribution in [2.24, 2.45) is 17.8 Å². The number of alkyl halides is 3. The number of allylic oxidation sites excluding steroid dienone is 1. The summed E-state index contributed by atoms with van der Waals surface area (Å²) in [5.41, 5.74) is -4.79. The predicted molar refractivity (Wildman–Crippen MR) is 208 cm³/mol. The zero-order valence-electron chi connectivity index (χ0n) is 33.9. The molecule has 2 saturated carbocycles. The minimum atomic E-state index is -5.13. The second kappa shape index (κ2) is 15.6. The molecule has 2 saturated heterocycles. The number of halogens is 3. The summed E-state index contributed by atoms with van der Waals surface area (Å²) in [6, 6.07) is 3.25. The first kappa shape index (κ1) is 43.2. The van der Waals surface area contributed by atoms with Gasteiger partial charge in [-0.3, -0.25) is 24.0 Å². The maximum Gasteiger partial charge on any atom is 0.416 e. The molecule has 0 unspecified atom stereocenters. The first-order valence-corrected chi connectivity index (χ1v) is 21.4. The number of amides is 4. The number of benzene rings is 1. The maximum absolute atomic E-state index is 15.1. The summed E-state index contributed by atoms with van der Waals surface area (Å²) in [4.78, 5) is 62.5. The molecule has 1 aromatic heterocycles. The summed E-state index contributed by atoms with van der Waals surface area (Å²) >= 11 is 0. The van der Waals surface area contributed by atoms with Gasteiger partial charge in [-0.05, 0) is 80.9 Å². The number of pyridine rings is 1. The van der Waals surface area contributed by atoms with Crippen LogP contribution >= 0.6 is 0 Å². The quantitative estimate of drug-likeness (QED) is 0.304. The minimum Gasteiger partial charge on any atom is -0.497 e. The Kier molecular flexibility index (Phi) is 11.2. The van der Waals surface area contributed by atoms with Crippen LogP contribution in [0.2, 0.25) is 0 Å². The minimum absolute atomic E-state index is 0.0349. The van der Waals surface area contributed by atoms with Gasteiger partial charge in [0.1, 0.15) is 29.5 Å². The molecule has 0 spiro atoms. The number of carbonyl (C=O) groups excluding carboxylic acids is 3. The summed E-state index contributed by atoms with van der Waals surface area (Å²) in [6.45, 7) is 2.40. The predicted octanol–water partition coefficient (Wildman–Crippen LogP) is 4.17. The molecule has 4 amide bonds. The van der Waals surface area contributed by atoms with Gasteiger partial charge in [-0.2, -0.15) is 18.2 Å². The molecule has 7 rings (SSSR count). The van der Waals surface area contributed by atoms with Crippen molar-refractivity contribution >= 4 is 44.6 Å². The zero-order chi connectivity index (χ0) is 43.6. The second-order valence-corrected chi connectivity index (χ2v) is 19.3. The Morgan fingerprint density at radius 1 is 1.10 bits per heavy atom. The summed E-state index contributed by atoms with van der Waals surface area (Å²) in [5, 5.41) is 14.4. The Balaban J connectivity index is 1.30. The van der Waals surface area contributed by atoms with Crippen molar-refractivity contribution in [1.82, 2.24) is 24.8 Å². The summed E-state index contributed by atoms with van der Waals surface area (Å²) in [6.07, 6.45) is -3.10. The van der Waals surface area contributed by atoms with Gasteiger partial charge in [0.05, 0.1) is 38.7 Å². The molecule has 7 atom stereocenters. The topological polar surface area (TPSA) is 203 Å². The number of carbonyl (C=O) groups is 4. The van der Waals surface area contributed by atoms with Gasteiger partial charge in [0.15, 0.2) is 5.54 Å². The second-order valence-electron chi connectivity index (χ2n) is 17.1. The standard InChI is InChI=1S/C40H50F3N5O11S/c1-22-8-6-7-9-25-18-39(25,35(51)46-60(54,55)37(3)12-13-37)45-32(49)29-17-27(59-33-28-11-10-26(56-4)15-24(28)16-30(44-33)57-5)19-47(29)34(50)31(23(2)14-22)48(36(52)53)38(20-58-21-38)40(41,42)43/h7,9-11,15-16,22-23,25,27,29,31H,6,8,12-14,17-21H2,1-5H3,(H,45,49)(H,46,51)(H,52,53)/b9-7-/t22-,23+,25+,27+,29-,31-,39+/m0/s1. The zero-order valence-corrected chi connectivity index (χ0v) is 34.7. The van der Waals surface area contributed by atoms with Crippen molar-refractivity contribution in [3.63, 3.8) is 0 Å². The van der Waals surface area contributed by atoms with Crippen molar-refractivity contribution < 1.29 is 64.8 Å². The van der Waals surface area contributed by atoms with Crippen LogP contribution in [-0.4, -0.2) is 126 Å². The van der Waals surface area contributed by atoms with E-state index in [1.165, 1.54) is 28.1 Å². The average molecular weight is 866 g/mol. The molecule has 60 heavy (non-hydrogen) atoms. The van der Waals surface area contributed by atoms with Crippen LogP contribution in [-0.2, 0) is 29.1 Å². The smallest absolute Gasteiger partial charge is 0.416 e. The van der Waals surface area contributed by atoms with E-state index in [0.29, 0.717) is 42.2 Å². The number of fused-ring (bicyclic) bond motifs is 3. The third-order valence-corrected chi connectivity index (χ3v) is 15.0. The molecule has 0 radical (unpaired) electrons. The molecule has 16 nitrogen and oxygen atoms in total. The molecule has 0 bridgehead atoms. The fourth-order valence-corrected chi connectivity index (χ4v) is 10.0. The van der Waals surface area contributed by atoms with Crippen LogP contribution in [0.3, 0.4) is 0 Å². The highest BCUT2D eigenvalue weighted by molar-refractivity contribution is 7.91. The number of nitrogens with one attached hydrogen (secondary N) is 2. The van der Waals surface area contributed by atoms with E-state index in [1.54, 1.807) is 36.4 Å². The largest absolute Gasteiger partial charge is 0.497 e. The average Bonchev–Trinajstić information content (AvgIpc) is 4.04. The van der Waals surface area contributed by atoms with Crippen molar-refractivity contribution in [1.29, 1.82) is 0 Å². The Hall–Kier alpha value is -4.85. The fourth-order valence-electron chi connectivity index (χ4n) is 8.70. The van der Waals surface area contributed by atoms with Gasteiger partial charge in [0.2, 0.25) is 33.6 Å². The van der Waals surface area contributed by atoms with E-state index in [1.807, 2.05) is 6.92 Å². The van der Waals surface area contributed by atoms with Gasteiger partial charge in [-0.1, -0.05) is 26.0 Å². The van der Waals surface area contributed by atoms with Gasteiger partial charge in [-0.15, -0.1) is 0 Å². The molecule has 328 valence electrons. The van der Waals surface area contributed by atoms with Gasteiger partial charge in [-0.25, -0.2) is 13.2 Å². The number of methoxy groups -OCH3 is 2. The number of rotatable bonds is 9. The van der Waals surface area contributed by atoms with Gasteiger partial charge >= 0.3 is 12.3 Å². The van der Waals surface area contributed by atoms with Crippen LogP contribution in [0.15, 0.2) is 36.4 Å². The maximum atomic E-state index is 15.1. The van der Waals surface area contributed by atoms with Gasteiger partial charge in [0.25, 0.3) is 5.91 Å². The van der Waals surface area contributed by atoms with Crippen LogP contribution in [0.25, 0.3) is 10.8 Å². The molecule has 3 N–H and O–H groups in total. The lowest BCUT2D eigenvalue weighted by Crippen LogP contribution is -2.76. The van der Waals surface area contributed by atoms with Crippen molar-refractivity contribution in [2.45, 2.75) is 106 Å². The number of hydrogen-bond acceptors (Lipinski definition) is 11. The van der Waals surface area contributed by atoms with E-state index < -0.39 is 106 Å². The Morgan fingerprint density at radius 3 is 2.42 bits per heavy atom. The van der Waals surface area contributed by atoms with Crippen LogP contribution < -0.4 is 24.2 Å². The fraction of sp³-hybridized carbons (Fsp3) is 0.625. The number of aromatic nitrogens is 1. The first-order valence-electron chi connectivity index (χ1n) is 19.9. The van der Waals surface area contributed by atoms with E-state index in [-0.39, 0.29) is 41.8 Å². The lowest BCUT2D eigenvalue weighted by atomic mass is 9.83. The summed E-state index contributed by atoms with van der Waals surface area (Å²) in [5.74, 6) is -4.03.